The third-order valence-electron chi connectivity index (χ3n) is 2.54. The molecule has 0 unspecified atom stereocenters. The van der Waals surface area contributed by atoms with E-state index in [9.17, 15) is 24.1 Å². The molecule has 0 aromatic heterocycles. The lowest BCUT2D eigenvalue weighted by molar-refractivity contribution is -0.387. The quantitative estimate of drug-likeness (QED) is 0.575. The van der Waals surface area contributed by atoms with E-state index in [2.05, 4.69) is 0 Å². The number of amides is 2. The molecule has 9 heteroatoms. The summed E-state index contributed by atoms with van der Waals surface area (Å²) in [7, 11) is 0. The fourth-order valence-corrected chi connectivity index (χ4v) is 1.68. The van der Waals surface area contributed by atoms with Crippen LogP contribution in [-0.4, -0.2) is 28.3 Å². The summed E-state index contributed by atoms with van der Waals surface area (Å²) in [5.41, 5.74) is -2.97. The van der Waals surface area contributed by atoms with Gasteiger partial charge in [-0.3, -0.25) is 10.1 Å². The van der Waals surface area contributed by atoms with Crippen LogP contribution in [0.1, 0.15) is 41.5 Å². The summed E-state index contributed by atoms with van der Waals surface area (Å²) in [5.74, 6) is -1.10. The molecule has 0 saturated carbocycles. The second-order valence-electron chi connectivity index (χ2n) is 7.19. The molecule has 0 spiro atoms. The highest BCUT2D eigenvalue weighted by Crippen LogP contribution is 2.27. The molecule has 0 radical (unpaired) electrons. The van der Waals surface area contributed by atoms with Crippen LogP contribution in [0.25, 0.3) is 0 Å². The van der Waals surface area contributed by atoms with Crippen LogP contribution in [0, 0.1) is 15.9 Å². The van der Waals surface area contributed by atoms with Gasteiger partial charge in [0.25, 0.3) is 0 Å². The number of nitrogens with zero attached hydrogens (tertiary/aromatic N) is 2. The third kappa shape index (κ3) is 6.02. The Bertz CT molecular complexity index is 663. The van der Waals surface area contributed by atoms with Crippen LogP contribution >= 0.6 is 0 Å². The molecule has 0 aliphatic rings. The summed E-state index contributed by atoms with van der Waals surface area (Å²) in [6.07, 6.45) is -2.19. The Morgan fingerprint density at radius 2 is 1.48 bits per heavy atom. The first-order valence-electron chi connectivity index (χ1n) is 7.41. The van der Waals surface area contributed by atoms with Gasteiger partial charge in [0.1, 0.15) is 11.2 Å². The topological polar surface area (TPSA) is 99.0 Å². The molecule has 2 amide bonds. The number of imide groups is 1. The zero-order valence-corrected chi connectivity index (χ0v) is 15.0. The molecule has 0 aliphatic carbocycles. The molecule has 25 heavy (non-hydrogen) atoms. The minimum absolute atomic E-state index is 0.239. The molecule has 0 fully saturated rings. The van der Waals surface area contributed by atoms with Crippen molar-refractivity contribution < 1.29 is 28.4 Å². The number of halogens is 1. The average Bonchev–Trinajstić information content (AvgIpc) is 2.36. The Balaban J connectivity index is 3.36. The van der Waals surface area contributed by atoms with Crippen LogP contribution in [0.4, 0.5) is 25.4 Å². The van der Waals surface area contributed by atoms with Crippen molar-refractivity contribution in [3.8, 4) is 0 Å². The number of ether oxygens (including phenoxy) is 2. The Kier molecular flexibility index (Phi) is 5.72. The highest BCUT2D eigenvalue weighted by molar-refractivity contribution is 6.09. The fourth-order valence-electron chi connectivity index (χ4n) is 1.68. The molecule has 138 valence electrons. The average molecular weight is 356 g/mol. The summed E-state index contributed by atoms with van der Waals surface area (Å²) in [4.78, 5) is 35.2. The number of benzene rings is 1. The molecule has 0 bridgehead atoms. The van der Waals surface area contributed by atoms with Crippen molar-refractivity contribution >= 4 is 23.6 Å². The van der Waals surface area contributed by atoms with E-state index < -0.39 is 39.8 Å². The van der Waals surface area contributed by atoms with Crippen LogP contribution in [0.5, 0.6) is 0 Å². The molecular weight excluding hydrogens is 335 g/mol. The van der Waals surface area contributed by atoms with Crippen molar-refractivity contribution in [2.45, 2.75) is 52.7 Å². The van der Waals surface area contributed by atoms with Gasteiger partial charge in [0.15, 0.2) is 0 Å². The molecule has 0 saturated heterocycles. The molecule has 0 heterocycles. The SMILES string of the molecule is CC(C)(C)OC(=O)N(C(=O)OC(C)(C)C)c1ccc(F)c([N+](=O)[O-])c1. The Labute approximate surface area is 144 Å². The monoisotopic (exact) mass is 356 g/mol. The largest absolute Gasteiger partial charge is 0.443 e. The number of carbonyl (C=O) groups excluding carboxylic acids is 2. The highest BCUT2D eigenvalue weighted by atomic mass is 19.1. The molecule has 0 N–H and O–H groups in total. The van der Waals surface area contributed by atoms with Crippen molar-refractivity contribution in [3.63, 3.8) is 0 Å². The maximum atomic E-state index is 13.5. The molecular formula is C16H21FN2O6. The van der Waals surface area contributed by atoms with Crippen molar-refractivity contribution in [3.05, 3.63) is 34.1 Å². The number of hydrogen-bond acceptors (Lipinski definition) is 6. The lowest BCUT2D eigenvalue weighted by Gasteiger charge is -2.28. The molecule has 8 nitrogen and oxygen atoms in total. The van der Waals surface area contributed by atoms with E-state index in [-0.39, 0.29) is 5.69 Å². The van der Waals surface area contributed by atoms with Crippen molar-refractivity contribution in [2.75, 3.05) is 4.90 Å². The van der Waals surface area contributed by atoms with E-state index in [1.54, 1.807) is 41.5 Å². The van der Waals surface area contributed by atoms with Crippen LogP contribution in [0.15, 0.2) is 18.2 Å². The summed E-state index contributed by atoms with van der Waals surface area (Å²) >= 11 is 0. The second-order valence-corrected chi connectivity index (χ2v) is 7.19. The molecule has 0 aliphatic heterocycles. The standard InChI is InChI=1S/C16H21FN2O6/c1-15(2,3)24-13(20)18(14(21)25-16(4,5)6)10-7-8-11(17)12(9-10)19(22)23/h7-9H,1-6H3. The first kappa shape index (κ1) is 20.3. The number of nitro benzene ring substituents is 1. The predicted molar refractivity (Wildman–Crippen MR) is 88.0 cm³/mol. The van der Waals surface area contributed by atoms with E-state index in [0.717, 1.165) is 18.2 Å². The maximum absolute atomic E-state index is 13.5. The van der Waals surface area contributed by atoms with Gasteiger partial charge in [-0.1, -0.05) is 0 Å². The van der Waals surface area contributed by atoms with E-state index in [1.807, 2.05) is 0 Å². The number of carbonyl (C=O) groups is 2. The third-order valence-corrected chi connectivity index (χ3v) is 2.54. The number of anilines is 1. The smallest absolute Gasteiger partial charge is 0.424 e. The van der Waals surface area contributed by atoms with Crippen LogP contribution in [-0.2, 0) is 9.47 Å². The van der Waals surface area contributed by atoms with Crippen LogP contribution in [0.2, 0.25) is 0 Å². The minimum Gasteiger partial charge on any atom is -0.443 e. The van der Waals surface area contributed by atoms with Crippen LogP contribution < -0.4 is 4.90 Å². The van der Waals surface area contributed by atoms with Gasteiger partial charge < -0.3 is 9.47 Å². The van der Waals surface area contributed by atoms with Gasteiger partial charge in [-0.25, -0.2) is 9.59 Å². The van der Waals surface area contributed by atoms with Crippen molar-refractivity contribution in [1.29, 1.82) is 0 Å². The highest BCUT2D eigenvalue weighted by Gasteiger charge is 2.33. The van der Waals surface area contributed by atoms with Gasteiger partial charge >= 0.3 is 17.9 Å². The second kappa shape index (κ2) is 7.04. The fraction of sp³-hybridized carbons (Fsp3) is 0.500. The zero-order chi connectivity index (χ0) is 19.6. The van der Waals surface area contributed by atoms with E-state index in [4.69, 9.17) is 9.47 Å². The first-order chi connectivity index (χ1) is 11.2. The Morgan fingerprint density at radius 1 is 1.04 bits per heavy atom. The van der Waals surface area contributed by atoms with Gasteiger partial charge in [0.2, 0.25) is 5.82 Å². The summed E-state index contributed by atoms with van der Waals surface area (Å²) in [5, 5.41) is 10.9. The van der Waals surface area contributed by atoms with Gasteiger partial charge in [0.05, 0.1) is 10.6 Å². The molecule has 1 aromatic carbocycles. The van der Waals surface area contributed by atoms with Crippen LogP contribution in [0.3, 0.4) is 0 Å². The summed E-state index contributed by atoms with van der Waals surface area (Å²) in [6, 6.07) is 2.61. The molecule has 1 aromatic rings. The summed E-state index contributed by atoms with van der Waals surface area (Å²) in [6.45, 7) is 9.53. The normalized spacial score (nSPS) is 11.6. The first-order valence-corrected chi connectivity index (χ1v) is 7.41. The number of rotatable bonds is 2. The van der Waals surface area contributed by atoms with Gasteiger partial charge in [-0.15, -0.1) is 0 Å². The molecule has 0 atom stereocenters. The maximum Gasteiger partial charge on any atom is 0.424 e. The Morgan fingerprint density at radius 3 is 1.84 bits per heavy atom. The molecule has 1 rings (SSSR count). The van der Waals surface area contributed by atoms with Gasteiger partial charge in [-0.05, 0) is 53.7 Å². The van der Waals surface area contributed by atoms with E-state index in [0.29, 0.717) is 4.90 Å². The summed E-state index contributed by atoms with van der Waals surface area (Å²) < 4.78 is 23.8. The predicted octanol–water partition coefficient (Wildman–Crippen LogP) is 4.41. The minimum atomic E-state index is -1.10. The lowest BCUT2D eigenvalue weighted by Crippen LogP contribution is -2.43. The van der Waals surface area contributed by atoms with Crippen molar-refractivity contribution in [1.82, 2.24) is 0 Å². The van der Waals surface area contributed by atoms with Gasteiger partial charge in [-0.2, -0.15) is 9.29 Å². The number of hydrogen-bond donors (Lipinski definition) is 0. The number of nitro groups is 1. The van der Waals surface area contributed by atoms with E-state index in [1.165, 1.54) is 0 Å². The van der Waals surface area contributed by atoms with Crippen molar-refractivity contribution in [2.24, 2.45) is 0 Å². The zero-order valence-electron chi connectivity index (χ0n) is 15.0. The lowest BCUT2D eigenvalue weighted by atomic mass is 10.2. The van der Waals surface area contributed by atoms with E-state index >= 15 is 0 Å². The van der Waals surface area contributed by atoms with Gasteiger partial charge in [0, 0.05) is 6.07 Å². The Hall–Kier alpha value is -2.71.